The zero-order valence-electron chi connectivity index (χ0n) is 25.4. The number of hydrogen-bond acceptors (Lipinski definition) is 14. The Bertz CT molecular complexity index is 2130. The molecule has 19 nitrogen and oxygen atoms in total. The molecule has 0 aliphatic carbocycles. The first-order valence-electron chi connectivity index (χ1n) is 13.6. The van der Waals surface area contributed by atoms with Gasteiger partial charge in [0.1, 0.15) is 0 Å². The van der Waals surface area contributed by atoms with Crippen LogP contribution in [0.5, 0.6) is 0 Å². The predicted octanol–water partition coefficient (Wildman–Crippen LogP) is -1.21. The van der Waals surface area contributed by atoms with E-state index in [4.69, 9.17) is 31.6 Å². The molecule has 0 atom stereocenters. The summed E-state index contributed by atoms with van der Waals surface area (Å²) < 4.78 is 100. The van der Waals surface area contributed by atoms with Gasteiger partial charge in [-0.2, -0.15) is 13.2 Å². The van der Waals surface area contributed by atoms with Crippen molar-refractivity contribution in [3.8, 4) is 0 Å². The third-order valence-electron chi connectivity index (χ3n) is 6.52. The zero-order chi connectivity index (χ0) is 37.5. The topological polar surface area (TPSA) is 277 Å². The second-order valence-corrected chi connectivity index (χ2v) is 11.7. The van der Waals surface area contributed by atoms with Crippen molar-refractivity contribution in [1.29, 1.82) is 0 Å². The molecule has 0 aliphatic rings. The summed E-state index contributed by atoms with van der Waals surface area (Å²) in [6.45, 7) is -1.83. The van der Waals surface area contributed by atoms with Crippen LogP contribution in [-0.2, 0) is 30.5 Å². The molecule has 7 rings (SSSR count). The average molecular weight is 857 g/mol. The van der Waals surface area contributed by atoms with Gasteiger partial charge in [-0.05, 0) is 71.4 Å². The van der Waals surface area contributed by atoms with Gasteiger partial charge in [0.2, 0.25) is 0 Å². The molecule has 0 radical (unpaired) electrons. The largest absolute Gasteiger partial charge is 0.741 e. The number of alkyl halides is 3. The molecule has 0 bridgehead atoms. The van der Waals surface area contributed by atoms with Gasteiger partial charge < -0.3 is 27.9 Å². The van der Waals surface area contributed by atoms with Crippen molar-refractivity contribution in [1.82, 2.24) is 43.7 Å². The Kier molecular flexibility index (Phi) is 13.5. The van der Waals surface area contributed by atoms with E-state index in [9.17, 15) is 23.3 Å². The summed E-state index contributed by atoms with van der Waals surface area (Å²) >= 11 is 0. The van der Waals surface area contributed by atoms with Gasteiger partial charge in [0.05, 0.1) is 0 Å². The molecule has 5 aromatic heterocycles. The van der Waals surface area contributed by atoms with E-state index < -0.39 is 32.6 Å². The van der Waals surface area contributed by atoms with E-state index in [2.05, 4.69) is 31.4 Å². The fraction of sp³-hybridized carbons (Fsp3) is 0.0385. The molecule has 0 N–H and O–H groups in total. The Morgan fingerprint density at radius 2 is 1.17 bits per heavy atom. The van der Waals surface area contributed by atoms with Gasteiger partial charge in [0.15, 0.2) is 15.8 Å². The zero-order valence-corrected chi connectivity index (χ0v) is 28.6. The Labute approximate surface area is 305 Å². The van der Waals surface area contributed by atoms with Crippen molar-refractivity contribution in [2.75, 3.05) is 0 Å². The minimum Gasteiger partial charge on any atom is -0.741 e. The summed E-state index contributed by atoms with van der Waals surface area (Å²) in [7, 11) is -11.0. The number of pyridine rings is 1. The third kappa shape index (κ3) is 9.82. The van der Waals surface area contributed by atoms with E-state index in [1.165, 1.54) is 6.07 Å². The van der Waals surface area contributed by atoms with Gasteiger partial charge in [-0.3, -0.25) is 10.1 Å². The third-order valence-corrected chi connectivity index (χ3v) is 7.09. The normalized spacial score (nSPS) is 11.6. The summed E-state index contributed by atoms with van der Waals surface area (Å²) in [5, 5.41) is 30.8. The fourth-order valence-electron chi connectivity index (χ4n) is 4.63. The quantitative estimate of drug-likeness (QED) is 0.0374. The molecule has 0 unspecified atom stereocenters. The monoisotopic (exact) mass is 856 g/mol. The van der Waals surface area contributed by atoms with E-state index >= 15 is 0 Å². The van der Waals surface area contributed by atoms with Crippen LogP contribution in [0.4, 0.5) is 18.9 Å². The van der Waals surface area contributed by atoms with Crippen LogP contribution in [0.1, 0.15) is 0 Å². The van der Waals surface area contributed by atoms with E-state index in [0.29, 0.717) is 10.8 Å². The number of benzene rings is 2. The fourth-order valence-corrected chi connectivity index (χ4v) is 4.63. The van der Waals surface area contributed by atoms with Crippen molar-refractivity contribution in [2.45, 2.75) is 5.51 Å². The summed E-state index contributed by atoms with van der Waals surface area (Å²) in [4.78, 5) is 14.8. The first-order chi connectivity index (χ1) is 23.9. The van der Waals surface area contributed by atoms with Crippen LogP contribution >= 0.6 is 0 Å². The maximum Gasteiger partial charge on any atom is 0.485 e. The van der Waals surface area contributed by atoms with Crippen LogP contribution in [-0.4, -0.2) is 73.8 Å². The number of nitrogens with zero attached hydrogens (tertiary/aromatic N) is 10. The van der Waals surface area contributed by atoms with Crippen LogP contribution in [0.15, 0.2) is 116 Å². The molecular formula is C26H19BClF3N10O9PdS-4. The Morgan fingerprint density at radius 3 is 1.52 bits per heavy atom. The number of aromatic nitrogens is 9. The van der Waals surface area contributed by atoms with Gasteiger partial charge >= 0.3 is 12.2 Å². The molecule has 7 aromatic rings. The molecule has 0 saturated carbocycles. The molecule has 0 aliphatic heterocycles. The number of fused-ring (bicyclic) bond motifs is 3. The molecule has 52 heavy (non-hydrogen) atoms. The molecule has 0 amide bonds. The van der Waals surface area contributed by atoms with Crippen molar-refractivity contribution in [3.05, 3.63) is 133 Å². The minimum atomic E-state index is -6.09. The van der Waals surface area contributed by atoms with Gasteiger partial charge in [-0.25, -0.2) is 47.4 Å². The van der Waals surface area contributed by atoms with E-state index in [-0.39, 0.29) is 31.0 Å². The van der Waals surface area contributed by atoms with Crippen LogP contribution in [0, 0.1) is 26.4 Å². The van der Waals surface area contributed by atoms with Crippen LogP contribution in [0.3, 0.4) is 0 Å². The molecule has 278 valence electrons. The first-order valence-corrected chi connectivity index (χ1v) is 16.2. The van der Waals surface area contributed by atoms with Crippen LogP contribution in [0.25, 0.3) is 21.7 Å². The summed E-state index contributed by atoms with van der Waals surface area (Å²) in [6, 6.07) is 20.9. The predicted molar refractivity (Wildman–Crippen MR) is 157 cm³/mol. The van der Waals surface area contributed by atoms with Crippen molar-refractivity contribution >= 4 is 44.2 Å². The Hall–Kier alpha value is -5.09. The Morgan fingerprint density at radius 1 is 0.750 bits per heavy atom. The number of hydrogen-bond donors (Lipinski definition) is 0. The van der Waals surface area contributed by atoms with E-state index in [1.807, 2.05) is 85.6 Å². The van der Waals surface area contributed by atoms with E-state index in [0.717, 1.165) is 10.9 Å². The first kappa shape index (κ1) is 41.3. The Balaban J connectivity index is 0.000000211. The average Bonchev–Trinajstić information content (AvgIpc) is 3.90. The van der Waals surface area contributed by atoms with Gasteiger partial charge in [0, 0.05) is 56.3 Å². The summed E-state index contributed by atoms with van der Waals surface area (Å²) in [5.41, 5.74) is -4.81. The minimum absolute atomic E-state index is 0. The number of halogens is 4. The number of nitro benzene ring substituents is 1. The molecule has 0 spiro atoms. The number of rotatable bonds is 5. The van der Waals surface area contributed by atoms with Crippen LogP contribution < -0.4 is 18.6 Å². The second-order valence-electron chi connectivity index (χ2n) is 9.60. The summed E-state index contributed by atoms with van der Waals surface area (Å²) in [6.07, 6.45) is 16.1. The molecule has 2 aromatic carbocycles. The van der Waals surface area contributed by atoms with Gasteiger partial charge in [0.25, 0.3) is 0 Å². The molecule has 0 fully saturated rings. The van der Waals surface area contributed by atoms with Crippen LogP contribution in [0.2, 0.25) is 0 Å². The standard InChI is InChI=1S/C13H7N2O2.C12H12BN8.CHF3O3S.ClHO4.Pd/c16-15(17)12-5-1-4-11-10(12)7-6-9-3-2-8-14-13(9)11;1-5-14-18(9-1)13(19-10-2-6-15-19,20-11-3-7-16-20)21-12-4-8-17-21;2-1(3,4)8(5,6)7;2-1(3,4)5;/h1-3,5-8H;1-12H;(H,5,6,7);(H,2,3,4,5);/q2*-1;;;/p-2. The number of nitro groups is 1. The SMILES string of the molecule is O=S(=O)([O-])C(F)(F)F.O=[N+]([O-])c1cc[c-]c2c1ccc1cccnc12.[O-][Cl+3]([O-])([O-])[O-].[Pd].c1cnn([B-](n2cccn2)(n2cccn2)n2cccn2)c1. The number of non-ortho nitro benzene ring substituents is 1. The maximum atomic E-state index is 10.9. The molecule has 0 saturated heterocycles. The van der Waals surface area contributed by atoms with Crippen molar-refractivity contribution in [2.24, 2.45) is 0 Å². The van der Waals surface area contributed by atoms with Crippen molar-refractivity contribution in [3.63, 3.8) is 0 Å². The summed E-state index contributed by atoms with van der Waals surface area (Å²) in [5.74, 6) is 0. The molecule has 26 heteroatoms. The maximum absolute atomic E-state index is 10.9. The van der Waals surface area contributed by atoms with Crippen molar-refractivity contribution < 1.29 is 80.4 Å². The van der Waals surface area contributed by atoms with E-state index in [1.54, 1.807) is 43.1 Å². The molecule has 5 heterocycles. The second kappa shape index (κ2) is 16.9. The van der Waals surface area contributed by atoms with Gasteiger partial charge in [-0.15, -0.1) is 27.8 Å². The molecular weight excluding hydrogens is 838 g/mol. The van der Waals surface area contributed by atoms with Gasteiger partial charge in [-0.1, -0.05) is 24.3 Å². The smallest absolute Gasteiger partial charge is 0.485 e.